The Hall–Kier alpha value is -4.23. The number of aromatic nitrogens is 6. The molecule has 0 spiro atoms. The van der Waals surface area contributed by atoms with Gasteiger partial charge in [0.15, 0.2) is 29.0 Å². The Morgan fingerprint density at radius 2 is 1.88 bits per heavy atom. The Kier molecular flexibility index (Phi) is 6.04. The third-order valence-corrected chi connectivity index (χ3v) is 4.83. The molecule has 0 aliphatic heterocycles. The number of hydrogen-bond acceptors (Lipinski definition) is 7. The molecule has 0 saturated carbocycles. The number of halogens is 5. The molecular formula is C20H15F5N8O. The van der Waals surface area contributed by atoms with Crippen molar-refractivity contribution in [2.45, 2.75) is 12.6 Å². The molecule has 1 unspecified atom stereocenters. The smallest absolute Gasteiger partial charge is 0.369 e. The second-order valence-corrected chi connectivity index (χ2v) is 7.14. The van der Waals surface area contributed by atoms with Crippen LogP contribution in [0.2, 0.25) is 0 Å². The largest absolute Gasteiger partial charge is 0.402 e. The van der Waals surface area contributed by atoms with Crippen LogP contribution in [0.15, 0.2) is 43.0 Å². The van der Waals surface area contributed by atoms with Crippen molar-refractivity contribution in [1.29, 1.82) is 0 Å². The van der Waals surface area contributed by atoms with Gasteiger partial charge in [0.1, 0.15) is 17.8 Å². The molecule has 34 heavy (non-hydrogen) atoms. The quantitative estimate of drug-likeness (QED) is 0.391. The molecule has 0 aliphatic carbocycles. The Bertz CT molecular complexity index is 1360. The highest BCUT2D eigenvalue weighted by Crippen LogP contribution is 2.27. The van der Waals surface area contributed by atoms with E-state index in [4.69, 9.17) is 5.73 Å². The van der Waals surface area contributed by atoms with Gasteiger partial charge in [-0.3, -0.25) is 4.79 Å². The average Bonchev–Trinajstić information content (AvgIpc) is 3.24. The zero-order valence-corrected chi connectivity index (χ0v) is 17.1. The van der Waals surface area contributed by atoms with Crippen LogP contribution >= 0.6 is 0 Å². The molecule has 4 rings (SSSR count). The Morgan fingerprint density at radius 1 is 1.12 bits per heavy atom. The van der Waals surface area contributed by atoms with E-state index in [-0.39, 0.29) is 17.9 Å². The van der Waals surface area contributed by atoms with Gasteiger partial charge in [0.25, 0.3) is 0 Å². The van der Waals surface area contributed by atoms with Gasteiger partial charge in [-0.25, -0.2) is 33.2 Å². The molecule has 0 saturated heterocycles. The van der Waals surface area contributed by atoms with E-state index in [1.165, 1.54) is 29.2 Å². The van der Waals surface area contributed by atoms with Crippen molar-refractivity contribution in [3.63, 3.8) is 0 Å². The summed E-state index contributed by atoms with van der Waals surface area (Å²) >= 11 is 0. The minimum absolute atomic E-state index is 0.0425. The van der Waals surface area contributed by atoms with E-state index < -0.39 is 42.0 Å². The molecule has 0 bridgehead atoms. The van der Waals surface area contributed by atoms with E-state index in [0.717, 1.165) is 6.20 Å². The summed E-state index contributed by atoms with van der Waals surface area (Å²) in [6.07, 6.45) is -1.51. The molecule has 0 aliphatic rings. The number of nitrogens with two attached hydrogens (primary N) is 1. The van der Waals surface area contributed by atoms with Crippen molar-refractivity contribution in [2.75, 3.05) is 11.9 Å². The van der Waals surface area contributed by atoms with Crippen LogP contribution in [0.1, 0.15) is 11.3 Å². The maximum absolute atomic E-state index is 14.2. The first-order valence-corrected chi connectivity index (χ1v) is 9.69. The van der Waals surface area contributed by atoms with E-state index >= 15 is 0 Å². The molecule has 0 fully saturated rings. The number of carbonyl (C=O) groups is 1. The molecule has 14 heteroatoms. The molecule has 3 aromatic heterocycles. The van der Waals surface area contributed by atoms with Crippen LogP contribution in [-0.2, 0) is 11.2 Å². The number of hydrogen-bond donors (Lipinski definition) is 2. The fourth-order valence-corrected chi connectivity index (χ4v) is 3.13. The third kappa shape index (κ3) is 4.74. The first-order valence-electron chi connectivity index (χ1n) is 9.69. The monoisotopic (exact) mass is 478 g/mol. The fourth-order valence-electron chi connectivity index (χ4n) is 3.13. The Balaban J connectivity index is 1.68. The number of amides is 1. The van der Waals surface area contributed by atoms with Crippen molar-refractivity contribution in [3.8, 4) is 11.5 Å². The van der Waals surface area contributed by atoms with Gasteiger partial charge in [-0.2, -0.15) is 18.3 Å². The van der Waals surface area contributed by atoms with Crippen molar-refractivity contribution in [1.82, 2.24) is 29.5 Å². The molecule has 1 atom stereocenters. The van der Waals surface area contributed by atoms with Crippen LogP contribution in [0.25, 0.3) is 17.2 Å². The lowest BCUT2D eigenvalue weighted by atomic mass is 10.1. The van der Waals surface area contributed by atoms with Gasteiger partial charge in [0, 0.05) is 13.0 Å². The van der Waals surface area contributed by atoms with Crippen LogP contribution in [0.5, 0.6) is 0 Å². The van der Waals surface area contributed by atoms with Gasteiger partial charge in [0.05, 0.1) is 18.1 Å². The van der Waals surface area contributed by atoms with E-state index in [9.17, 15) is 26.7 Å². The van der Waals surface area contributed by atoms with Gasteiger partial charge in [0.2, 0.25) is 5.91 Å². The molecule has 9 nitrogen and oxygen atoms in total. The van der Waals surface area contributed by atoms with Crippen molar-refractivity contribution in [2.24, 2.45) is 11.7 Å². The number of alkyl halides is 3. The lowest BCUT2D eigenvalue weighted by Crippen LogP contribution is -2.40. The first kappa shape index (κ1) is 22.9. The predicted molar refractivity (Wildman–Crippen MR) is 108 cm³/mol. The lowest BCUT2D eigenvalue weighted by molar-refractivity contribution is -0.177. The van der Waals surface area contributed by atoms with Gasteiger partial charge in [-0.1, -0.05) is 18.2 Å². The SMILES string of the molecule is NC(=O)C(CNc1nc(-c2cn3ncnc3c(Cc3ccccc3F)n2)ncc1F)C(F)(F)F. The summed E-state index contributed by atoms with van der Waals surface area (Å²) in [5, 5.41) is 6.17. The summed E-state index contributed by atoms with van der Waals surface area (Å²) in [4.78, 5) is 27.4. The highest BCUT2D eigenvalue weighted by Gasteiger charge is 2.43. The van der Waals surface area contributed by atoms with Crippen LogP contribution < -0.4 is 11.1 Å². The summed E-state index contributed by atoms with van der Waals surface area (Å²) in [5.74, 6) is -6.42. The van der Waals surface area contributed by atoms with Crippen LogP contribution in [-0.4, -0.2) is 48.2 Å². The van der Waals surface area contributed by atoms with E-state index in [1.807, 2.05) is 0 Å². The molecular weight excluding hydrogens is 463 g/mol. The topological polar surface area (TPSA) is 124 Å². The normalized spacial score (nSPS) is 12.6. The Labute approximate surface area is 187 Å². The summed E-state index contributed by atoms with van der Waals surface area (Å²) < 4.78 is 68.6. The maximum atomic E-state index is 14.2. The zero-order valence-electron chi connectivity index (χ0n) is 17.1. The summed E-state index contributed by atoms with van der Waals surface area (Å²) in [6.45, 7) is -1.03. The lowest BCUT2D eigenvalue weighted by Gasteiger charge is -2.18. The molecule has 0 radical (unpaired) electrons. The van der Waals surface area contributed by atoms with Crippen molar-refractivity contribution >= 4 is 17.4 Å². The molecule has 3 heterocycles. The number of rotatable bonds is 7. The molecule has 176 valence electrons. The molecule has 1 amide bonds. The van der Waals surface area contributed by atoms with Crippen molar-refractivity contribution in [3.05, 3.63) is 65.9 Å². The number of carbonyl (C=O) groups excluding carboxylic acids is 1. The number of nitrogens with one attached hydrogen (secondary N) is 1. The van der Waals surface area contributed by atoms with Crippen LogP contribution in [0, 0.1) is 17.6 Å². The van der Waals surface area contributed by atoms with Gasteiger partial charge >= 0.3 is 6.18 Å². The standard InChI is InChI=1S/C20H15F5N8O/c21-12-4-2-1-3-10(12)5-14-19-29-9-30-33(19)8-15(31-14)18-28-7-13(22)17(32-18)27-6-11(16(26)34)20(23,24)25/h1-4,7-9,11H,5-6H2,(H2,26,34)(H,27,28,32). The maximum Gasteiger partial charge on any atom is 0.402 e. The van der Waals surface area contributed by atoms with Crippen LogP contribution in [0.4, 0.5) is 27.8 Å². The second-order valence-electron chi connectivity index (χ2n) is 7.14. The molecule has 3 N–H and O–H groups in total. The number of benzene rings is 1. The highest BCUT2D eigenvalue weighted by molar-refractivity contribution is 5.78. The number of anilines is 1. The number of nitrogens with zero attached hydrogens (tertiary/aromatic N) is 6. The number of fused-ring (bicyclic) bond motifs is 1. The highest BCUT2D eigenvalue weighted by atomic mass is 19.4. The van der Waals surface area contributed by atoms with Gasteiger partial charge in [-0.05, 0) is 11.6 Å². The summed E-state index contributed by atoms with van der Waals surface area (Å²) in [7, 11) is 0. The first-order chi connectivity index (χ1) is 16.1. The predicted octanol–water partition coefficient (Wildman–Crippen LogP) is 2.53. The van der Waals surface area contributed by atoms with E-state index in [0.29, 0.717) is 16.9 Å². The number of primary amides is 1. The zero-order chi connectivity index (χ0) is 24.5. The molecule has 4 aromatic rings. The van der Waals surface area contributed by atoms with Gasteiger partial charge in [-0.15, -0.1) is 0 Å². The second kappa shape index (κ2) is 8.96. The Morgan fingerprint density at radius 3 is 2.59 bits per heavy atom. The fraction of sp³-hybridized carbons (Fsp3) is 0.200. The minimum atomic E-state index is -4.92. The average molecular weight is 478 g/mol. The van der Waals surface area contributed by atoms with E-state index in [2.05, 4.69) is 30.4 Å². The third-order valence-electron chi connectivity index (χ3n) is 4.83. The van der Waals surface area contributed by atoms with Crippen LogP contribution in [0.3, 0.4) is 0 Å². The minimum Gasteiger partial charge on any atom is -0.369 e. The van der Waals surface area contributed by atoms with E-state index in [1.54, 1.807) is 12.1 Å². The van der Waals surface area contributed by atoms with Crippen molar-refractivity contribution < 1.29 is 26.7 Å². The summed E-state index contributed by atoms with van der Waals surface area (Å²) in [6, 6.07) is 6.06. The molecule has 1 aromatic carbocycles. The summed E-state index contributed by atoms with van der Waals surface area (Å²) in [5.41, 5.74) is 5.87. The van der Waals surface area contributed by atoms with Gasteiger partial charge < -0.3 is 11.1 Å².